The van der Waals surface area contributed by atoms with Crippen molar-refractivity contribution in [2.24, 2.45) is 0 Å². The molecule has 206 valence electrons. The normalized spacial score (nSPS) is 20.6. The zero-order chi connectivity index (χ0) is 28.3. The maximum Gasteiger partial charge on any atom is 0.409 e. The summed E-state index contributed by atoms with van der Waals surface area (Å²) >= 11 is 13.6. The molecule has 2 aliphatic rings. The van der Waals surface area contributed by atoms with Crippen molar-refractivity contribution in [2.45, 2.75) is 31.0 Å². The molecule has 2 aliphatic heterocycles. The summed E-state index contributed by atoms with van der Waals surface area (Å²) < 4.78 is 50.9. The molecule has 0 unspecified atom stereocenters. The molecule has 2 aromatic heterocycles. The number of hydrogen-bond acceptors (Lipinski definition) is 7. The van der Waals surface area contributed by atoms with Gasteiger partial charge in [-0.2, -0.15) is 15.2 Å². The van der Waals surface area contributed by atoms with Crippen molar-refractivity contribution in [3.05, 3.63) is 45.6 Å². The lowest BCUT2D eigenvalue weighted by Gasteiger charge is -2.30. The number of halogens is 5. The van der Waals surface area contributed by atoms with E-state index in [-0.39, 0.29) is 65.5 Å². The quantitative estimate of drug-likeness (QED) is 0.235. The molecule has 2 atom stereocenters. The predicted molar refractivity (Wildman–Crippen MR) is 145 cm³/mol. The van der Waals surface area contributed by atoms with Crippen LogP contribution in [0.25, 0.3) is 32.1 Å². The van der Waals surface area contributed by atoms with Crippen LogP contribution in [0, 0.1) is 23.0 Å². The van der Waals surface area contributed by atoms with Gasteiger partial charge < -0.3 is 9.84 Å². The zero-order valence-corrected chi connectivity index (χ0v) is 22.7. The number of carbonyl (C=O) groups is 1. The van der Waals surface area contributed by atoms with E-state index in [4.69, 9.17) is 33.0 Å². The second kappa shape index (κ2) is 9.92. The number of nitrogens with zero attached hydrogens (tertiary/aromatic N) is 4. The van der Waals surface area contributed by atoms with Crippen LogP contribution in [-0.4, -0.2) is 57.5 Å². The maximum atomic E-state index is 16.2. The van der Waals surface area contributed by atoms with E-state index in [1.165, 1.54) is 12.1 Å². The van der Waals surface area contributed by atoms with E-state index in [1.807, 2.05) is 6.07 Å². The Balaban J connectivity index is 1.47. The molecule has 0 aliphatic carbocycles. The number of aromatic nitrogens is 2. The molecule has 2 aromatic carbocycles. The van der Waals surface area contributed by atoms with E-state index in [0.29, 0.717) is 24.3 Å². The number of amides is 1. The fourth-order valence-electron chi connectivity index (χ4n) is 5.77. The fraction of sp³-hybridized carbons (Fsp3) is 0.308. The molecule has 14 heteroatoms. The van der Waals surface area contributed by atoms with E-state index in [1.54, 1.807) is 0 Å². The lowest BCUT2D eigenvalue weighted by Crippen LogP contribution is -2.43. The number of fused-ring (bicyclic) bond motifs is 3. The summed E-state index contributed by atoms with van der Waals surface area (Å²) in [7, 11) is 0. The molecule has 2 fully saturated rings. The minimum absolute atomic E-state index is 0.00420. The summed E-state index contributed by atoms with van der Waals surface area (Å²) in [6.07, 6.45) is -0.414. The van der Waals surface area contributed by atoms with E-state index in [2.05, 4.69) is 20.2 Å². The highest BCUT2D eigenvalue weighted by Crippen LogP contribution is 2.46. The van der Waals surface area contributed by atoms with Crippen LogP contribution in [0.1, 0.15) is 24.8 Å². The number of hydrogen-bond donors (Lipinski definition) is 2. The summed E-state index contributed by atoms with van der Waals surface area (Å²) in [5.41, 5.74) is -1.01. The molecule has 40 heavy (non-hydrogen) atoms. The van der Waals surface area contributed by atoms with Gasteiger partial charge in [0, 0.05) is 29.3 Å². The Morgan fingerprint density at radius 3 is 2.90 bits per heavy atom. The smallest absolute Gasteiger partial charge is 0.409 e. The molecule has 8 nitrogen and oxygen atoms in total. The van der Waals surface area contributed by atoms with Crippen LogP contribution in [-0.2, 0) is 0 Å². The van der Waals surface area contributed by atoms with Crippen LogP contribution < -0.4 is 10.1 Å². The number of nitrogens with one attached hydrogen (secondary N) is 1. The van der Waals surface area contributed by atoms with Gasteiger partial charge in [-0.15, -0.1) is 11.3 Å². The first-order valence-electron chi connectivity index (χ1n) is 12.1. The molecule has 4 heterocycles. The maximum absolute atomic E-state index is 16.2. The Morgan fingerprint density at radius 2 is 2.15 bits per heavy atom. The zero-order valence-electron chi connectivity index (χ0n) is 20.4. The molecular weight excluding hydrogens is 590 g/mol. The van der Waals surface area contributed by atoms with Gasteiger partial charge in [-0.3, -0.25) is 10.2 Å². The summed E-state index contributed by atoms with van der Waals surface area (Å²) in [5.74, 6) is -1.64. The number of rotatable bonds is 5. The second-order valence-electron chi connectivity index (χ2n) is 9.75. The summed E-state index contributed by atoms with van der Waals surface area (Å²) in [4.78, 5) is 21.7. The first-order valence-corrected chi connectivity index (χ1v) is 13.7. The van der Waals surface area contributed by atoms with Crippen molar-refractivity contribution in [3.63, 3.8) is 0 Å². The van der Waals surface area contributed by atoms with Crippen molar-refractivity contribution in [3.8, 4) is 23.2 Å². The number of thiophene rings is 1. The van der Waals surface area contributed by atoms with E-state index in [9.17, 15) is 18.8 Å². The molecule has 4 aromatic rings. The Kier molecular flexibility index (Phi) is 6.65. The van der Waals surface area contributed by atoms with Crippen molar-refractivity contribution in [2.75, 3.05) is 25.0 Å². The number of benzene rings is 2. The number of carboxylic acid groups (broad SMARTS) is 1. The highest BCUT2D eigenvalue weighted by Gasteiger charge is 2.49. The molecule has 6 rings (SSSR count). The number of anilines is 1. The minimum Gasteiger partial charge on any atom is -0.465 e. The Morgan fingerprint density at radius 1 is 1.35 bits per heavy atom. The summed E-state index contributed by atoms with van der Waals surface area (Å²) in [6.45, 7) is 1.21. The van der Waals surface area contributed by atoms with Gasteiger partial charge in [0.05, 0.1) is 20.8 Å². The van der Waals surface area contributed by atoms with Gasteiger partial charge in [0.1, 0.15) is 40.3 Å². The standard InChI is InChI=1S/C26H18Cl2F3N5O3S/c27-15-6-13-20(33-24(34-22(13)28)39-10-26-4-1-5-36(26)9-11(29)7-26)19(31)18(15)12-2-3-16(30)21-17(12)14(8-32)23(40-21)35-25(37)38/h2-3,6,11,35H,1,4-5,7,9-10H2,(H,37,38)/t11-,26+/m1/s1. The molecule has 2 saturated heterocycles. The Hall–Kier alpha value is -3.37. The van der Waals surface area contributed by atoms with E-state index < -0.39 is 29.4 Å². The predicted octanol–water partition coefficient (Wildman–Crippen LogP) is 7.01. The van der Waals surface area contributed by atoms with E-state index in [0.717, 1.165) is 25.5 Å². The largest absolute Gasteiger partial charge is 0.465 e. The van der Waals surface area contributed by atoms with Gasteiger partial charge >= 0.3 is 12.1 Å². The van der Waals surface area contributed by atoms with Gasteiger partial charge in [0.2, 0.25) is 0 Å². The highest BCUT2D eigenvalue weighted by atomic mass is 35.5. The van der Waals surface area contributed by atoms with Crippen molar-refractivity contribution >= 4 is 66.6 Å². The molecule has 2 N–H and O–H groups in total. The fourth-order valence-corrected chi connectivity index (χ4v) is 7.35. The molecule has 0 saturated carbocycles. The van der Waals surface area contributed by atoms with Crippen molar-refractivity contribution in [1.82, 2.24) is 14.9 Å². The Bertz CT molecular complexity index is 1760. The first kappa shape index (κ1) is 26.8. The van der Waals surface area contributed by atoms with Gasteiger partial charge in [0.25, 0.3) is 0 Å². The van der Waals surface area contributed by atoms with Crippen LogP contribution in [0.5, 0.6) is 6.01 Å². The van der Waals surface area contributed by atoms with Crippen LogP contribution in [0.4, 0.5) is 23.0 Å². The number of alkyl halides is 1. The third-order valence-electron chi connectivity index (χ3n) is 7.44. The third kappa shape index (κ3) is 4.28. The van der Waals surface area contributed by atoms with E-state index >= 15 is 4.39 Å². The third-order valence-corrected chi connectivity index (χ3v) is 9.14. The summed E-state index contributed by atoms with van der Waals surface area (Å²) in [5, 5.41) is 20.8. The SMILES string of the molecule is N#Cc1c(NC(=O)O)sc2c(F)ccc(-c3c(Cl)cc4c(Cl)nc(OC[C@@]56CCCN5C[C@H](F)C6)nc4c3F)c12. The van der Waals surface area contributed by atoms with Gasteiger partial charge in [-0.1, -0.05) is 29.3 Å². The van der Waals surface area contributed by atoms with Crippen molar-refractivity contribution < 1.29 is 27.8 Å². The van der Waals surface area contributed by atoms with Crippen LogP contribution >= 0.6 is 34.5 Å². The monoisotopic (exact) mass is 607 g/mol. The number of ether oxygens (including phenoxy) is 1. The lowest BCUT2D eigenvalue weighted by molar-refractivity contribution is 0.107. The van der Waals surface area contributed by atoms with Crippen LogP contribution in [0.2, 0.25) is 10.2 Å². The molecule has 1 amide bonds. The van der Waals surface area contributed by atoms with Crippen LogP contribution in [0.15, 0.2) is 18.2 Å². The average Bonchev–Trinajstić information content (AvgIpc) is 3.54. The average molecular weight is 608 g/mol. The van der Waals surface area contributed by atoms with Crippen molar-refractivity contribution in [1.29, 1.82) is 5.26 Å². The van der Waals surface area contributed by atoms with Crippen LogP contribution in [0.3, 0.4) is 0 Å². The second-order valence-corrected chi connectivity index (χ2v) is 11.5. The van der Waals surface area contributed by atoms with Gasteiger partial charge in [-0.25, -0.2) is 18.0 Å². The number of nitriles is 1. The molecular formula is C26H18Cl2F3N5O3S. The molecule has 0 radical (unpaired) electrons. The first-order chi connectivity index (χ1) is 19.1. The highest BCUT2D eigenvalue weighted by molar-refractivity contribution is 7.23. The Labute approximate surface area is 238 Å². The topological polar surface area (TPSA) is 111 Å². The summed E-state index contributed by atoms with van der Waals surface area (Å²) in [6, 6.07) is 5.37. The lowest BCUT2D eigenvalue weighted by atomic mass is 9.95. The molecule has 0 spiro atoms. The molecule has 0 bridgehead atoms. The minimum atomic E-state index is -1.45. The van der Waals surface area contributed by atoms with Gasteiger partial charge in [-0.05, 0) is 37.1 Å². The van der Waals surface area contributed by atoms with Gasteiger partial charge in [0.15, 0.2) is 5.82 Å².